The molecule has 5 heteroatoms. The highest BCUT2D eigenvalue weighted by atomic mass is 16.3. The number of hydrogen-bond donors (Lipinski definition) is 0. The third-order valence-corrected chi connectivity index (χ3v) is 3.36. The van der Waals surface area contributed by atoms with Crippen LogP contribution in [0.3, 0.4) is 0 Å². The van der Waals surface area contributed by atoms with Gasteiger partial charge in [-0.25, -0.2) is 4.98 Å². The lowest BCUT2D eigenvalue weighted by molar-refractivity contribution is 1.33. The standard InChI is InChI=1S/C16H12BN3O/c1-20(17)12-8-6-11(7-9-12)15-10-16(19-21)13-4-2-3-5-14(13)18-15/h2-10H,1H3. The molecular weight excluding hydrogens is 261 g/mol. The molecule has 3 aromatic rings. The molecular formula is C16H12BN3O. The summed E-state index contributed by atoms with van der Waals surface area (Å²) in [6, 6.07) is 16.8. The van der Waals surface area contributed by atoms with Crippen LogP contribution in [-0.2, 0) is 0 Å². The van der Waals surface area contributed by atoms with Gasteiger partial charge in [0.05, 0.1) is 11.2 Å². The Balaban J connectivity index is 2.13. The molecule has 0 saturated heterocycles. The Morgan fingerprint density at radius 3 is 2.48 bits per heavy atom. The van der Waals surface area contributed by atoms with Crippen molar-refractivity contribution >= 4 is 30.3 Å². The Kier molecular flexibility index (Phi) is 3.40. The van der Waals surface area contributed by atoms with Gasteiger partial charge in [0, 0.05) is 16.6 Å². The summed E-state index contributed by atoms with van der Waals surface area (Å²) < 4.78 is 0. The quantitative estimate of drug-likeness (QED) is 0.538. The third-order valence-electron chi connectivity index (χ3n) is 3.36. The molecule has 0 bridgehead atoms. The Bertz CT molecular complexity index is 800. The first-order chi connectivity index (χ1) is 10.2. The largest absolute Gasteiger partial charge is 0.427 e. The minimum atomic E-state index is 0.399. The summed E-state index contributed by atoms with van der Waals surface area (Å²) in [6.45, 7) is 0. The average Bonchev–Trinajstić information content (AvgIpc) is 2.53. The van der Waals surface area contributed by atoms with Gasteiger partial charge in [-0.05, 0) is 36.5 Å². The number of aromatic nitrogens is 1. The molecule has 21 heavy (non-hydrogen) atoms. The van der Waals surface area contributed by atoms with E-state index in [1.54, 1.807) is 13.1 Å². The average molecular weight is 273 g/mol. The normalized spacial score (nSPS) is 10.5. The van der Waals surface area contributed by atoms with E-state index in [4.69, 9.17) is 7.98 Å². The number of nitrogens with zero attached hydrogens (tertiary/aromatic N) is 3. The van der Waals surface area contributed by atoms with Gasteiger partial charge in [-0.15, -0.1) is 4.91 Å². The van der Waals surface area contributed by atoms with Crippen molar-refractivity contribution in [3.8, 4) is 11.3 Å². The van der Waals surface area contributed by atoms with Gasteiger partial charge in [0.2, 0.25) is 7.98 Å². The molecule has 0 saturated carbocycles. The van der Waals surface area contributed by atoms with Crippen LogP contribution in [0.15, 0.2) is 59.8 Å². The van der Waals surface area contributed by atoms with Crippen molar-refractivity contribution in [3.05, 3.63) is 59.5 Å². The van der Waals surface area contributed by atoms with Crippen molar-refractivity contribution in [2.24, 2.45) is 5.18 Å². The molecule has 4 nitrogen and oxygen atoms in total. The molecule has 1 heterocycles. The van der Waals surface area contributed by atoms with E-state index < -0.39 is 0 Å². The lowest BCUT2D eigenvalue weighted by atomic mass is 10.1. The first kappa shape index (κ1) is 13.3. The molecule has 0 fully saturated rings. The Labute approximate surface area is 123 Å². The lowest BCUT2D eigenvalue weighted by Crippen LogP contribution is -2.10. The van der Waals surface area contributed by atoms with Gasteiger partial charge in [-0.2, -0.15) is 0 Å². The molecule has 0 aliphatic carbocycles. The number of anilines is 1. The SMILES string of the molecule is [B]N(C)c1ccc(-c2cc(N=O)c3ccccc3n2)cc1. The summed E-state index contributed by atoms with van der Waals surface area (Å²) in [4.78, 5) is 17.2. The molecule has 2 radical (unpaired) electrons. The van der Waals surface area contributed by atoms with Crippen LogP contribution < -0.4 is 4.81 Å². The maximum atomic E-state index is 11.0. The van der Waals surface area contributed by atoms with Crippen molar-refractivity contribution < 1.29 is 0 Å². The maximum Gasteiger partial charge on any atom is 0.226 e. The Hall–Kier alpha value is -2.69. The van der Waals surface area contributed by atoms with Gasteiger partial charge < -0.3 is 4.81 Å². The van der Waals surface area contributed by atoms with Crippen LogP contribution in [0.4, 0.5) is 11.4 Å². The summed E-state index contributed by atoms with van der Waals surface area (Å²) in [5.41, 5.74) is 3.68. The summed E-state index contributed by atoms with van der Waals surface area (Å²) in [7, 11) is 7.46. The van der Waals surface area contributed by atoms with E-state index in [0.29, 0.717) is 5.69 Å². The van der Waals surface area contributed by atoms with Gasteiger partial charge in [0.1, 0.15) is 5.69 Å². The van der Waals surface area contributed by atoms with Crippen molar-refractivity contribution in [2.45, 2.75) is 0 Å². The van der Waals surface area contributed by atoms with Crippen molar-refractivity contribution in [3.63, 3.8) is 0 Å². The minimum absolute atomic E-state index is 0.399. The van der Waals surface area contributed by atoms with Crippen LogP contribution >= 0.6 is 0 Å². The number of para-hydroxylation sites is 1. The number of fused-ring (bicyclic) bond motifs is 1. The molecule has 0 unspecified atom stereocenters. The number of rotatable bonds is 3. The monoisotopic (exact) mass is 273 g/mol. The highest BCUT2D eigenvalue weighted by Gasteiger charge is 2.08. The third kappa shape index (κ3) is 2.50. The summed E-state index contributed by atoms with van der Waals surface area (Å²) in [5, 5.41) is 3.87. The zero-order valence-electron chi connectivity index (χ0n) is 11.5. The van der Waals surface area contributed by atoms with Crippen molar-refractivity contribution in [2.75, 3.05) is 11.9 Å². The number of nitroso groups, excluding NO2 is 1. The fraction of sp³-hybridized carbons (Fsp3) is 0.0625. The molecule has 0 N–H and O–H groups in total. The van der Waals surface area contributed by atoms with E-state index in [2.05, 4.69) is 10.2 Å². The van der Waals surface area contributed by atoms with E-state index >= 15 is 0 Å². The molecule has 100 valence electrons. The molecule has 0 amide bonds. The molecule has 2 aromatic carbocycles. The minimum Gasteiger partial charge on any atom is -0.427 e. The predicted molar refractivity (Wildman–Crippen MR) is 86.8 cm³/mol. The zero-order chi connectivity index (χ0) is 14.8. The lowest BCUT2D eigenvalue weighted by Gasteiger charge is -2.13. The Morgan fingerprint density at radius 1 is 1.10 bits per heavy atom. The first-order valence-electron chi connectivity index (χ1n) is 6.51. The van der Waals surface area contributed by atoms with Crippen LogP contribution in [0.2, 0.25) is 0 Å². The van der Waals surface area contributed by atoms with Gasteiger partial charge in [-0.1, -0.05) is 30.3 Å². The van der Waals surface area contributed by atoms with E-state index in [1.165, 1.54) is 4.81 Å². The van der Waals surface area contributed by atoms with Gasteiger partial charge >= 0.3 is 0 Å². The van der Waals surface area contributed by atoms with Crippen LogP contribution in [0.1, 0.15) is 0 Å². The van der Waals surface area contributed by atoms with Gasteiger partial charge in [0.25, 0.3) is 0 Å². The zero-order valence-corrected chi connectivity index (χ0v) is 11.5. The number of hydrogen-bond acceptors (Lipinski definition) is 4. The van der Waals surface area contributed by atoms with Crippen molar-refractivity contribution in [1.82, 2.24) is 4.98 Å². The van der Waals surface area contributed by atoms with Crippen LogP contribution in [0, 0.1) is 4.91 Å². The molecule has 3 rings (SSSR count). The van der Waals surface area contributed by atoms with Gasteiger partial charge in [-0.3, -0.25) is 0 Å². The second-order valence-corrected chi connectivity index (χ2v) is 4.79. The molecule has 0 aliphatic heterocycles. The Morgan fingerprint density at radius 2 is 1.81 bits per heavy atom. The van der Waals surface area contributed by atoms with Crippen LogP contribution in [0.25, 0.3) is 22.2 Å². The fourth-order valence-electron chi connectivity index (χ4n) is 2.25. The van der Waals surface area contributed by atoms with Crippen molar-refractivity contribution in [1.29, 1.82) is 0 Å². The molecule has 0 spiro atoms. The van der Waals surface area contributed by atoms with E-state index in [0.717, 1.165) is 27.8 Å². The highest BCUT2D eigenvalue weighted by molar-refractivity contribution is 6.17. The van der Waals surface area contributed by atoms with E-state index in [-0.39, 0.29) is 0 Å². The van der Waals surface area contributed by atoms with Gasteiger partial charge in [0.15, 0.2) is 0 Å². The fourth-order valence-corrected chi connectivity index (χ4v) is 2.25. The number of pyridine rings is 1. The highest BCUT2D eigenvalue weighted by Crippen LogP contribution is 2.30. The smallest absolute Gasteiger partial charge is 0.226 e. The maximum absolute atomic E-state index is 11.0. The number of benzene rings is 2. The molecule has 1 aromatic heterocycles. The first-order valence-corrected chi connectivity index (χ1v) is 6.51. The molecule has 0 atom stereocenters. The van der Waals surface area contributed by atoms with Crippen LogP contribution in [-0.4, -0.2) is 20.0 Å². The topological polar surface area (TPSA) is 45.6 Å². The second-order valence-electron chi connectivity index (χ2n) is 4.79. The summed E-state index contributed by atoms with van der Waals surface area (Å²) >= 11 is 0. The van der Waals surface area contributed by atoms with E-state index in [1.807, 2.05) is 48.5 Å². The van der Waals surface area contributed by atoms with E-state index in [9.17, 15) is 4.91 Å². The summed E-state index contributed by atoms with van der Waals surface area (Å²) in [5.74, 6) is 0. The second kappa shape index (κ2) is 5.36. The van der Waals surface area contributed by atoms with Crippen LogP contribution in [0.5, 0.6) is 0 Å². The molecule has 0 aliphatic rings. The predicted octanol–water partition coefficient (Wildman–Crippen LogP) is 3.82. The summed E-state index contributed by atoms with van der Waals surface area (Å²) in [6.07, 6.45) is 0.